The van der Waals surface area contributed by atoms with Crippen LogP contribution in [0.2, 0.25) is 0 Å². The summed E-state index contributed by atoms with van der Waals surface area (Å²) in [6.45, 7) is 0. The monoisotopic (exact) mass is 414 g/mol. The number of para-hydroxylation sites is 1. The van der Waals surface area contributed by atoms with Crippen molar-refractivity contribution in [2.45, 2.75) is 16.6 Å². The fraction of sp³-hybridized carbons (Fsp3) is 0.200. The van der Waals surface area contributed by atoms with E-state index in [-0.39, 0.29) is 23.2 Å². The Kier molecular flexibility index (Phi) is 5.88. The molecular weight excluding hydrogens is 396 g/mol. The minimum Gasteiger partial charge on any atom is -0.465 e. The van der Waals surface area contributed by atoms with Gasteiger partial charge in [0.2, 0.25) is 11.8 Å². The number of nitrogens with two attached hydrogens (primary N) is 1. The SMILES string of the molecule is COC(=O)c1ccc(C(=O)OC)c(N2C(=O)C[C@H](Sc3ccccc3N)C2=O)c1. The third-order valence-electron chi connectivity index (χ3n) is 4.36. The summed E-state index contributed by atoms with van der Waals surface area (Å²) in [6.07, 6.45) is -0.0686. The zero-order valence-electron chi connectivity index (χ0n) is 15.7. The molecule has 1 fully saturated rings. The van der Waals surface area contributed by atoms with Gasteiger partial charge in [0, 0.05) is 17.0 Å². The lowest BCUT2D eigenvalue weighted by Gasteiger charge is -2.19. The maximum absolute atomic E-state index is 13.0. The Balaban J connectivity index is 1.99. The van der Waals surface area contributed by atoms with Crippen LogP contribution in [0.15, 0.2) is 47.4 Å². The van der Waals surface area contributed by atoms with E-state index >= 15 is 0 Å². The Hall–Kier alpha value is -3.33. The summed E-state index contributed by atoms with van der Waals surface area (Å²) in [6, 6.07) is 11.0. The fourth-order valence-electron chi connectivity index (χ4n) is 2.93. The van der Waals surface area contributed by atoms with Gasteiger partial charge in [0.05, 0.1) is 36.3 Å². The van der Waals surface area contributed by atoms with E-state index in [9.17, 15) is 19.2 Å². The Morgan fingerprint density at radius 2 is 1.76 bits per heavy atom. The minimum absolute atomic E-state index is 0.00766. The van der Waals surface area contributed by atoms with Gasteiger partial charge in [-0.25, -0.2) is 14.5 Å². The highest BCUT2D eigenvalue weighted by molar-refractivity contribution is 8.00. The number of thioether (sulfide) groups is 1. The highest BCUT2D eigenvalue weighted by Gasteiger charge is 2.42. The molecule has 8 nitrogen and oxygen atoms in total. The van der Waals surface area contributed by atoms with Crippen LogP contribution in [0.3, 0.4) is 0 Å². The van der Waals surface area contributed by atoms with Crippen molar-refractivity contribution >= 4 is 46.9 Å². The summed E-state index contributed by atoms with van der Waals surface area (Å²) in [4.78, 5) is 51.3. The van der Waals surface area contributed by atoms with Crippen LogP contribution in [0.25, 0.3) is 0 Å². The number of carbonyl (C=O) groups is 4. The van der Waals surface area contributed by atoms with Gasteiger partial charge >= 0.3 is 11.9 Å². The maximum Gasteiger partial charge on any atom is 0.339 e. The van der Waals surface area contributed by atoms with Gasteiger partial charge in [0.15, 0.2) is 0 Å². The average Bonchev–Trinajstić information content (AvgIpc) is 3.00. The minimum atomic E-state index is -0.736. The number of nitrogens with zero attached hydrogens (tertiary/aromatic N) is 1. The first-order valence-corrected chi connectivity index (χ1v) is 9.44. The first-order chi connectivity index (χ1) is 13.9. The van der Waals surface area contributed by atoms with Crippen molar-refractivity contribution in [1.29, 1.82) is 0 Å². The average molecular weight is 414 g/mol. The van der Waals surface area contributed by atoms with Crippen molar-refractivity contribution in [3.8, 4) is 0 Å². The van der Waals surface area contributed by atoms with Gasteiger partial charge in [-0.05, 0) is 30.3 Å². The molecule has 2 N–H and O–H groups in total. The Morgan fingerprint density at radius 3 is 2.41 bits per heavy atom. The molecule has 0 radical (unpaired) electrons. The molecule has 0 spiro atoms. The van der Waals surface area contributed by atoms with Crippen LogP contribution in [0, 0.1) is 0 Å². The van der Waals surface area contributed by atoms with E-state index in [1.807, 2.05) is 0 Å². The number of hydrogen-bond acceptors (Lipinski definition) is 8. The molecule has 1 heterocycles. The number of methoxy groups -OCH3 is 2. The van der Waals surface area contributed by atoms with E-state index in [2.05, 4.69) is 4.74 Å². The van der Waals surface area contributed by atoms with E-state index in [0.717, 1.165) is 4.90 Å². The predicted octanol–water partition coefficient (Wildman–Crippen LogP) is 2.27. The smallest absolute Gasteiger partial charge is 0.339 e. The molecule has 1 aliphatic heterocycles. The van der Waals surface area contributed by atoms with Gasteiger partial charge in [-0.2, -0.15) is 0 Å². The number of nitrogen functional groups attached to an aromatic ring is 1. The number of hydrogen-bond donors (Lipinski definition) is 1. The summed E-state index contributed by atoms with van der Waals surface area (Å²) in [5.74, 6) is -2.39. The maximum atomic E-state index is 13.0. The van der Waals surface area contributed by atoms with Crippen molar-refractivity contribution in [2.24, 2.45) is 0 Å². The standard InChI is InChI=1S/C20H18N2O6S/c1-27-19(25)11-7-8-12(20(26)28-2)14(9-11)22-17(23)10-16(18(22)24)29-15-6-4-3-5-13(15)21/h3-9,16H,10,21H2,1-2H3/t16-/m0/s1. The highest BCUT2D eigenvalue weighted by Crippen LogP contribution is 2.37. The van der Waals surface area contributed by atoms with Crippen molar-refractivity contribution in [2.75, 3.05) is 24.9 Å². The van der Waals surface area contributed by atoms with Crippen molar-refractivity contribution in [1.82, 2.24) is 0 Å². The molecule has 2 amide bonds. The number of benzene rings is 2. The first kappa shape index (κ1) is 20.4. The van der Waals surface area contributed by atoms with Crippen molar-refractivity contribution in [3.63, 3.8) is 0 Å². The van der Waals surface area contributed by atoms with Crippen molar-refractivity contribution in [3.05, 3.63) is 53.6 Å². The first-order valence-electron chi connectivity index (χ1n) is 8.56. The zero-order chi connectivity index (χ0) is 21.1. The molecule has 29 heavy (non-hydrogen) atoms. The lowest BCUT2D eigenvalue weighted by Crippen LogP contribution is -2.33. The van der Waals surface area contributed by atoms with E-state index < -0.39 is 29.0 Å². The Labute approximate surface area is 170 Å². The fourth-order valence-corrected chi connectivity index (χ4v) is 4.03. The van der Waals surface area contributed by atoms with Gasteiger partial charge in [0.1, 0.15) is 0 Å². The van der Waals surface area contributed by atoms with E-state index in [1.54, 1.807) is 24.3 Å². The number of carbonyl (C=O) groups excluding carboxylic acids is 4. The second kappa shape index (κ2) is 8.36. The molecule has 0 unspecified atom stereocenters. The van der Waals surface area contributed by atoms with Gasteiger partial charge in [-0.3, -0.25) is 9.59 Å². The third kappa shape index (κ3) is 3.95. The Bertz CT molecular complexity index is 1010. The number of imide groups is 1. The molecular formula is C20H18N2O6S. The molecule has 1 aliphatic rings. The molecule has 2 aromatic rings. The van der Waals surface area contributed by atoms with Gasteiger partial charge < -0.3 is 15.2 Å². The molecule has 1 saturated heterocycles. The molecule has 0 aliphatic carbocycles. The molecule has 3 rings (SSSR count). The zero-order valence-corrected chi connectivity index (χ0v) is 16.5. The molecule has 150 valence electrons. The third-order valence-corrected chi connectivity index (χ3v) is 5.64. The number of rotatable bonds is 5. The van der Waals surface area contributed by atoms with Crippen LogP contribution in [-0.4, -0.2) is 43.2 Å². The second-order valence-electron chi connectivity index (χ2n) is 6.13. The molecule has 0 bridgehead atoms. The summed E-state index contributed by atoms with van der Waals surface area (Å²) >= 11 is 1.18. The predicted molar refractivity (Wildman–Crippen MR) is 107 cm³/mol. The molecule has 2 aromatic carbocycles. The highest BCUT2D eigenvalue weighted by atomic mass is 32.2. The van der Waals surface area contributed by atoms with Crippen LogP contribution in [0.5, 0.6) is 0 Å². The molecule has 1 atom stereocenters. The number of esters is 2. The van der Waals surface area contributed by atoms with Crippen LogP contribution in [-0.2, 0) is 19.1 Å². The van der Waals surface area contributed by atoms with Gasteiger partial charge in [-0.15, -0.1) is 11.8 Å². The van der Waals surface area contributed by atoms with E-state index in [4.69, 9.17) is 10.5 Å². The summed E-state index contributed by atoms with van der Waals surface area (Å²) in [5.41, 5.74) is 6.50. The van der Waals surface area contributed by atoms with E-state index in [0.29, 0.717) is 10.6 Å². The molecule has 9 heteroatoms. The van der Waals surface area contributed by atoms with Crippen LogP contribution < -0.4 is 10.6 Å². The van der Waals surface area contributed by atoms with Crippen LogP contribution >= 0.6 is 11.8 Å². The van der Waals surface area contributed by atoms with Crippen molar-refractivity contribution < 1.29 is 28.7 Å². The summed E-state index contributed by atoms with van der Waals surface area (Å²) in [5, 5.41) is -0.709. The van der Waals surface area contributed by atoms with E-state index in [1.165, 1.54) is 44.2 Å². The van der Waals surface area contributed by atoms with Crippen LogP contribution in [0.4, 0.5) is 11.4 Å². The number of anilines is 2. The topological polar surface area (TPSA) is 116 Å². The quantitative estimate of drug-likeness (QED) is 0.450. The van der Waals surface area contributed by atoms with Gasteiger partial charge in [-0.1, -0.05) is 12.1 Å². The lowest BCUT2D eigenvalue weighted by molar-refractivity contribution is -0.121. The normalized spacial score (nSPS) is 16.1. The lowest BCUT2D eigenvalue weighted by atomic mass is 10.1. The van der Waals surface area contributed by atoms with Crippen LogP contribution in [0.1, 0.15) is 27.1 Å². The molecule has 0 saturated carbocycles. The molecule has 0 aromatic heterocycles. The van der Waals surface area contributed by atoms with Gasteiger partial charge in [0.25, 0.3) is 0 Å². The second-order valence-corrected chi connectivity index (χ2v) is 7.38. The number of ether oxygens (including phenoxy) is 2. The summed E-state index contributed by atoms with van der Waals surface area (Å²) < 4.78 is 9.43. The Morgan fingerprint density at radius 1 is 1.07 bits per heavy atom. The number of amides is 2. The largest absolute Gasteiger partial charge is 0.465 e. The summed E-state index contributed by atoms with van der Waals surface area (Å²) in [7, 11) is 2.39.